The van der Waals surface area contributed by atoms with Crippen LogP contribution in [0.3, 0.4) is 0 Å². The fourth-order valence-electron chi connectivity index (χ4n) is 2.31. The van der Waals surface area contributed by atoms with E-state index in [-0.39, 0.29) is 11.9 Å². The van der Waals surface area contributed by atoms with Crippen molar-refractivity contribution in [3.63, 3.8) is 0 Å². The minimum absolute atomic E-state index is 0.0450. The Bertz CT molecular complexity index is 433. The molecule has 1 atom stereocenters. The van der Waals surface area contributed by atoms with Crippen LogP contribution < -0.4 is 10.5 Å². The van der Waals surface area contributed by atoms with Crippen LogP contribution in [-0.2, 0) is 4.74 Å². The molecule has 2 rings (SSSR count). The maximum atomic E-state index is 12.3. The largest absolute Gasteiger partial charge is 0.491 e. The van der Waals surface area contributed by atoms with Crippen molar-refractivity contribution in [2.75, 3.05) is 33.4 Å². The lowest BCUT2D eigenvalue weighted by molar-refractivity contribution is 0.0708. The van der Waals surface area contributed by atoms with Crippen LogP contribution in [-0.4, -0.2) is 50.3 Å². The summed E-state index contributed by atoms with van der Waals surface area (Å²) in [5, 5.41) is 0. The van der Waals surface area contributed by atoms with E-state index in [0.29, 0.717) is 25.3 Å². The molecule has 1 aliphatic rings. The van der Waals surface area contributed by atoms with Crippen LogP contribution in [0.15, 0.2) is 24.3 Å². The fraction of sp³-hybridized carbons (Fsp3) is 0.533. The molecule has 0 spiro atoms. The van der Waals surface area contributed by atoms with Gasteiger partial charge in [-0.25, -0.2) is 0 Å². The van der Waals surface area contributed by atoms with E-state index in [2.05, 4.69) is 0 Å². The molecule has 1 fully saturated rings. The Morgan fingerprint density at radius 2 is 2.10 bits per heavy atom. The van der Waals surface area contributed by atoms with Crippen LogP contribution in [0.25, 0.3) is 0 Å². The quantitative estimate of drug-likeness (QED) is 0.824. The van der Waals surface area contributed by atoms with E-state index >= 15 is 0 Å². The molecule has 5 nitrogen and oxygen atoms in total. The van der Waals surface area contributed by atoms with E-state index in [4.69, 9.17) is 15.2 Å². The highest BCUT2D eigenvalue weighted by atomic mass is 16.5. The van der Waals surface area contributed by atoms with E-state index in [1.807, 2.05) is 17.0 Å². The molecular weight excluding hydrogens is 256 g/mol. The second-order valence-corrected chi connectivity index (χ2v) is 5.02. The topological polar surface area (TPSA) is 64.8 Å². The van der Waals surface area contributed by atoms with Gasteiger partial charge >= 0.3 is 0 Å². The van der Waals surface area contributed by atoms with Gasteiger partial charge in [0.1, 0.15) is 12.4 Å². The minimum Gasteiger partial charge on any atom is -0.491 e. The molecule has 1 saturated heterocycles. The summed E-state index contributed by atoms with van der Waals surface area (Å²) in [4.78, 5) is 14.2. The molecule has 0 aliphatic carbocycles. The SMILES string of the molecule is COCCOc1ccc(C(=O)N2CCC[C@H](N)C2)cc1. The number of piperidine rings is 1. The van der Waals surface area contributed by atoms with Gasteiger partial charge in [0.25, 0.3) is 5.91 Å². The Balaban J connectivity index is 1.93. The van der Waals surface area contributed by atoms with Gasteiger partial charge in [-0.1, -0.05) is 0 Å². The van der Waals surface area contributed by atoms with Gasteiger partial charge in [-0.2, -0.15) is 0 Å². The molecule has 0 bridgehead atoms. The van der Waals surface area contributed by atoms with Gasteiger partial charge in [-0.3, -0.25) is 4.79 Å². The van der Waals surface area contributed by atoms with Crippen molar-refractivity contribution < 1.29 is 14.3 Å². The first-order valence-corrected chi connectivity index (χ1v) is 6.97. The smallest absolute Gasteiger partial charge is 0.253 e. The first-order valence-electron chi connectivity index (χ1n) is 6.97. The molecule has 1 heterocycles. The van der Waals surface area contributed by atoms with Gasteiger partial charge in [0.15, 0.2) is 0 Å². The van der Waals surface area contributed by atoms with Gasteiger partial charge in [0, 0.05) is 31.8 Å². The molecule has 1 amide bonds. The highest BCUT2D eigenvalue weighted by Crippen LogP contribution is 2.16. The van der Waals surface area contributed by atoms with Crippen LogP contribution in [0.1, 0.15) is 23.2 Å². The van der Waals surface area contributed by atoms with E-state index in [1.54, 1.807) is 19.2 Å². The van der Waals surface area contributed by atoms with Gasteiger partial charge < -0.3 is 20.1 Å². The zero-order valence-corrected chi connectivity index (χ0v) is 11.9. The zero-order chi connectivity index (χ0) is 14.4. The summed E-state index contributed by atoms with van der Waals surface area (Å²) in [6.07, 6.45) is 1.97. The number of carbonyl (C=O) groups excluding carboxylic acids is 1. The average Bonchev–Trinajstić information content (AvgIpc) is 2.47. The predicted octanol–water partition coefficient (Wildman–Crippen LogP) is 1.28. The van der Waals surface area contributed by atoms with Gasteiger partial charge in [-0.05, 0) is 37.1 Å². The molecule has 0 aromatic heterocycles. The Labute approximate surface area is 119 Å². The molecular formula is C15H22N2O3. The third-order valence-electron chi connectivity index (χ3n) is 3.40. The first kappa shape index (κ1) is 14.8. The number of rotatable bonds is 5. The Kier molecular flexibility index (Phi) is 5.38. The molecule has 1 aliphatic heterocycles. The second-order valence-electron chi connectivity index (χ2n) is 5.02. The van der Waals surface area contributed by atoms with Crippen molar-refractivity contribution in [3.05, 3.63) is 29.8 Å². The summed E-state index contributed by atoms with van der Waals surface area (Å²) in [7, 11) is 1.63. The van der Waals surface area contributed by atoms with Gasteiger partial charge in [0.05, 0.1) is 6.61 Å². The predicted molar refractivity (Wildman–Crippen MR) is 76.9 cm³/mol. The third-order valence-corrected chi connectivity index (χ3v) is 3.40. The van der Waals surface area contributed by atoms with Crippen LogP contribution in [0, 0.1) is 0 Å². The number of ether oxygens (including phenoxy) is 2. The molecule has 1 aromatic carbocycles. The molecule has 1 aromatic rings. The lowest BCUT2D eigenvalue weighted by Crippen LogP contribution is -2.45. The normalized spacial score (nSPS) is 18.9. The summed E-state index contributed by atoms with van der Waals surface area (Å²) in [6, 6.07) is 7.32. The number of nitrogens with zero attached hydrogens (tertiary/aromatic N) is 1. The third kappa shape index (κ3) is 3.95. The van der Waals surface area contributed by atoms with Crippen molar-refractivity contribution in [1.29, 1.82) is 0 Å². The lowest BCUT2D eigenvalue weighted by atomic mass is 10.1. The molecule has 110 valence electrons. The standard InChI is InChI=1S/C15H22N2O3/c1-19-9-10-20-14-6-4-12(5-7-14)15(18)17-8-2-3-13(16)11-17/h4-7,13H,2-3,8-11,16H2,1H3/t13-/m0/s1. The lowest BCUT2D eigenvalue weighted by Gasteiger charge is -2.30. The van der Waals surface area contributed by atoms with Crippen molar-refractivity contribution in [3.8, 4) is 5.75 Å². The molecule has 0 saturated carbocycles. The number of nitrogens with two attached hydrogens (primary N) is 1. The first-order chi connectivity index (χ1) is 9.70. The maximum Gasteiger partial charge on any atom is 0.253 e. The second kappa shape index (κ2) is 7.26. The summed E-state index contributed by atoms with van der Waals surface area (Å²) in [5.41, 5.74) is 6.59. The zero-order valence-electron chi connectivity index (χ0n) is 11.9. The van der Waals surface area contributed by atoms with Crippen molar-refractivity contribution in [2.24, 2.45) is 5.73 Å². The Hall–Kier alpha value is -1.59. The highest BCUT2D eigenvalue weighted by Gasteiger charge is 2.22. The summed E-state index contributed by atoms with van der Waals surface area (Å²) < 4.78 is 10.4. The maximum absolute atomic E-state index is 12.3. The van der Waals surface area contributed by atoms with Gasteiger partial charge in [-0.15, -0.1) is 0 Å². The number of hydrogen-bond donors (Lipinski definition) is 1. The number of likely N-dealkylation sites (tertiary alicyclic amines) is 1. The minimum atomic E-state index is 0.0450. The molecule has 2 N–H and O–H groups in total. The monoisotopic (exact) mass is 278 g/mol. The highest BCUT2D eigenvalue weighted by molar-refractivity contribution is 5.94. The van der Waals surface area contributed by atoms with Crippen LogP contribution in [0.4, 0.5) is 0 Å². The number of carbonyl (C=O) groups is 1. The molecule has 0 unspecified atom stereocenters. The number of methoxy groups -OCH3 is 1. The van der Waals surface area contributed by atoms with Crippen molar-refractivity contribution >= 4 is 5.91 Å². The summed E-state index contributed by atoms with van der Waals surface area (Å²) >= 11 is 0. The molecule has 0 radical (unpaired) electrons. The summed E-state index contributed by atoms with van der Waals surface area (Å²) in [6.45, 7) is 2.49. The van der Waals surface area contributed by atoms with E-state index in [1.165, 1.54) is 0 Å². The van der Waals surface area contributed by atoms with Gasteiger partial charge in [0.2, 0.25) is 0 Å². The summed E-state index contributed by atoms with van der Waals surface area (Å²) in [5.74, 6) is 0.789. The van der Waals surface area contributed by atoms with E-state index in [0.717, 1.165) is 25.1 Å². The molecule has 5 heteroatoms. The Morgan fingerprint density at radius 3 is 2.75 bits per heavy atom. The van der Waals surface area contributed by atoms with E-state index < -0.39 is 0 Å². The fourth-order valence-corrected chi connectivity index (χ4v) is 2.31. The average molecular weight is 278 g/mol. The van der Waals surface area contributed by atoms with Crippen LogP contribution >= 0.6 is 0 Å². The number of amides is 1. The Morgan fingerprint density at radius 1 is 1.35 bits per heavy atom. The van der Waals surface area contributed by atoms with Crippen molar-refractivity contribution in [2.45, 2.75) is 18.9 Å². The van der Waals surface area contributed by atoms with E-state index in [9.17, 15) is 4.79 Å². The van der Waals surface area contributed by atoms with Crippen molar-refractivity contribution in [1.82, 2.24) is 4.90 Å². The number of hydrogen-bond acceptors (Lipinski definition) is 4. The number of benzene rings is 1. The molecule has 20 heavy (non-hydrogen) atoms. The van der Waals surface area contributed by atoms with Crippen LogP contribution in [0.2, 0.25) is 0 Å². The van der Waals surface area contributed by atoms with Crippen LogP contribution in [0.5, 0.6) is 5.75 Å².